The largest absolute Gasteiger partial charge is 0.392 e. The summed E-state index contributed by atoms with van der Waals surface area (Å²) in [4.78, 5) is 18.8. The number of aliphatic hydroxyl groups is 1. The smallest absolute Gasteiger partial charge is 0.319 e. The summed E-state index contributed by atoms with van der Waals surface area (Å²) in [5, 5.41) is 15.1. The van der Waals surface area contributed by atoms with Crippen molar-refractivity contribution in [1.29, 1.82) is 0 Å². The van der Waals surface area contributed by atoms with Crippen LogP contribution in [0.15, 0.2) is 72.9 Å². The fourth-order valence-electron chi connectivity index (χ4n) is 4.68. The van der Waals surface area contributed by atoms with E-state index < -0.39 is 6.29 Å². The minimum Gasteiger partial charge on any atom is -0.392 e. The van der Waals surface area contributed by atoms with Gasteiger partial charge < -0.3 is 30.1 Å². The van der Waals surface area contributed by atoms with Crippen molar-refractivity contribution in [3.8, 4) is 0 Å². The Hall–Kier alpha value is -3.30. The molecule has 202 valence electrons. The standard InChI is InChI=1S/C30H38N4O4/c1-4-31-30(36)33-26-10-7-8-24(18-26)29-37-27(19-34(3)17-15-25-9-5-6-16-32-25)21(2)28(38-29)23-13-11-22(20-35)12-14-23/h5-14,16,18,21,27-29,35H,4,15,17,19-20H2,1-3H3,(H2,31,33,36)/t21-,27+,28+,29+/m1/s1. The first kappa shape index (κ1) is 27.7. The van der Waals surface area contributed by atoms with Crippen LogP contribution in [-0.2, 0) is 22.5 Å². The number of ether oxygens (including phenoxy) is 2. The number of nitrogens with one attached hydrogen (secondary N) is 2. The minimum absolute atomic E-state index is 0.00217. The van der Waals surface area contributed by atoms with Gasteiger partial charge in [-0.05, 0) is 49.4 Å². The molecule has 1 aliphatic heterocycles. The van der Waals surface area contributed by atoms with Gasteiger partial charge in [0.25, 0.3) is 0 Å². The summed E-state index contributed by atoms with van der Waals surface area (Å²) < 4.78 is 13.1. The van der Waals surface area contributed by atoms with Gasteiger partial charge in [0.2, 0.25) is 0 Å². The number of urea groups is 1. The van der Waals surface area contributed by atoms with Crippen LogP contribution >= 0.6 is 0 Å². The molecule has 0 bridgehead atoms. The molecule has 2 heterocycles. The summed E-state index contributed by atoms with van der Waals surface area (Å²) in [6, 6.07) is 21.2. The second kappa shape index (κ2) is 13.5. The van der Waals surface area contributed by atoms with Gasteiger partial charge in [0.15, 0.2) is 6.29 Å². The highest BCUT2D eigenvalue weighted by Gasteiger charge is 2.38. The van der Waals surface area contributed by atoms with E-state index in [1.165, 1.54) is 0 Å². The molecule has 1 aliphatic rings. The molecular formula is C30H38N4O4. The number of hydrogen-bond donors (Lipinski definition) is 3. The molecule has 3 N–H and O–H groups in total. The van der Waals surface area contributed by atoms with Crippen LogP contribution in [0.1, 0.15) is 48.6 Å². The molecule has 1 fully saturated rings. The second-order valence-electron chi connectivity index (χ2n) is 9.77. The number of aliphatic hydroxyl groups excluding tert-OH is 1. The third-order valence-electron chi connectivity index (χ3n) is 6.84. The number of hydrogen-bond acceptors (Lipinski definition) is 6. The molecule has 0 saturated carbocycles. The Morgan fingerprint density at radius 1 is 1.05 bits per heavy atom. The highest BCUT2D eigenvalue weighted by atomic mass is 16.7. The molecule has 0 aliphatic carbocycles. The van der Waals surface area contributed by atoms with Crippen LogP contribution in [0.4, 0.5) is 10.5 Å². The zero-order chi connectivity index (χ0) is 26.9. The number of pyridine rings is 1. The number of likely N-dealkylation sites (N-methyl/N-ethyl adjacent to an activating group) is 1. The SMILES string of the molecule is CCNC(=O)Nc1cccc([C@H]2O[C@@H](CN(C)CCc3ccccn3)[C@@H](C)[C@@H](c3ccc(CO)cc3)O2)c1. The maximum atomic E-state index is 12.1. The highest BCUT2D eigenvalue weighted by Crippen LogP contribution is 2.42. The van der Waals surface area contributed by atoms with Gasteiger partial charge in [0, 0.05) is 55.1 Å². The molecule has 38 heavy (non-hydrogen) atoms. The van der Waals surface area contributed by atoms with Crippen molar-refractivity contribution < 1.29 is 19.4 Å². The number of carbonyl (C=O) groups is 1. The molecule has 4 rings (SSSR count). The van der Waals surface area contributed by atoms with Crippen LogP contribution in [-0.4, -0.2) is 53.8 Å². The highest BCUT2D eigenvalue weighted by molar-refractivity contribution is 5.89. The molecule has 1 aromatic heterocycles. The van der Waals surface area contributed by atoms with Crippen molar-refractivity contribution in [1.82, 2.24) is 15.2 Å². The van der Waals surface area contributed by atoms with Crippen LogP contribution in [0.25, 0.3) is 0 Å². The van der Waals surface area contributed by atoms with Crippen LogP contribution < -0.4 is 10.6 Å². The van der Waals surface area contributed by atoms with Gasteiger partial charge in [0.1, 0.15) is 0 Å². The van der Waals surface area contributed by atoms with Gasteiger partial charge in [-0.2, -0.15) is 0 Å². The maximum Gasteiger partial charge on any atom is 0.319 e. The fourth-order valence-corrected chi connectivity index (χ4v) is 4.68. The van der Waals surface area contributed by atoms with Crippen LogP contribution in [0.2, 0.25) is 0 Å². The van der Waals surface area contributed by atoms with E-state index in [1.807, 2.05) is 79.9 Å². The van der Waals surface area contributed by atoms with Crippen molar-refractivity contribution in [3.63, 3.8) is 0 Å². The van der Waals surface area contributed by atoms with E-state index in [4.69, 9.17) is 9.47 Å². The minimum atomic E-state index is -0.598. The van der Waals surface area contributed by atoms with Crippen molar-refractivity contribution in [2.24, 2.45) is 5.92 Å². The fraction of sp³-hybridized carbons (Fsp3) is 0.400. The van der Waals surface area contributed by atoms with E-state index >= 15 is 0 Å². The normalized spacial score (nSPS) is 21.3. The molecule has 8 heteroatoms. The predicted octanol–water partition coefficient (Wildman–Crippen LogP) is 4.68. The topological polar surface area (TPSA) is 96.0 Å². The lowest BCUT2D eigenvalue weighted by Gasteiger charge is -2.42. The monoisotopic (exact) mass is 518 g/mol. The number of aromatic nitrogens is 1. The van der Waals surface area contributed by atoms with Crippen LogP contribution in [0, 0.1) is 5.92 Å². The van der Waals surface area contributed by atoms with Crippen molar-refractivity contribution in [2.75, 3.05) is 32.0 Å². The molecule has 8 nitrogen and oxygen atoms in total. The predicted molar refractivity (Wildman–Crippen MR) is 148 cm³/mol. The van der Waals surface area contributed by atoms with Crippen molar-refractivity contribution in [3.05, 3.63) is 95.3 Å². The second-order valence-corrected chi connectivity index (χ2v) is 9.77. The molecule has 0 radical (unpaired) electrons. The number of amides is 2. The van der Waals surface area contributed by atoms with Gasteiger partial charge in [0.05, 0.1) is 18.8 Å². The average molecular weight is 519 g/mol. The Bertz CT molecular complexity index is 1160. The molecule has 1 saturated heterocycles. The van der Waals surface area contributed by atoms with E-state index in [0.717, 1.165) is 41.9 Å². The van der Waals surface area contributed by atoms with Crippen molar-refractivity contribution >= 4 is 11.7 Å². The Morgan fingerprint density at radius 3 is 2.58 bits per heavy atom. The number of rotatable bonds is 10. The summed E-state index contributed by atoms with van der Waals surface area (Å²) in [5.74, 6) is 0.0835. The summed E-state index contributed by atoms with van der Waals surface area (Å²) in [5.41, 5.74) is 4.48. The summed E-state index contributed by atoms with van der Waals surface area (Å²) in [6.45, 7) is 6.17. The average Bonchev–Trinajstić information content (AvgIpc) is 2.94. The summed E-state index contributed by atoms with van der Waals surface area (Å²) in [7, 11) is 2.10. The van der Waals surface area contributed by atoms with Gasteiger partial charge in [-0.15, -0.1) is 0 Å². The molecule has 2 amide bonds. The van der Waals surface area contributed by atoms with E-state index in [2.05, 4.69) is 34.5 Å². The summed E-state index contributed by atoms with van der Waals surface area (Å²) in [6.07, 6.45) is 1.79. The molecule has 0 spiro atoms. The maximum absolute atomic E-state index is 12.1. The number of benzene rings is 2. The van der Waals surface area contributed by atoms with Gasteiger partial charge in [-0.25, -0.2) is 4.79 Å². The summed E-state index contributed by atoms with van der Waals surface area (Å²) >= 11 is 0. The Kier molecular flexibility index (Phi) is 9.84. The van der Waals surface area contributed by atoms with Gasteiger partial charge in [-0.3, -0.25) is 4.98 Å². The number of anilines is 1. The van der Waals surface area contributed by atoms with E-state index in [1.54, 1.807) is 0 Å². The zero-order valence-electron chi connectivity index (χ0n) is 22.3. The number of nitrogens with zero attached hydrogens (tertiary/aromatic N) is 2. The van der Waals surface area contributed by atoms with E-state index in [9.17, 15) is 9.90 Å². The van der Waals surface area contributed by atoms with Crippen LogP contribution in [0.5, 0.6) is 0 Å². The quantitative estimate of drug-likeness (QED) is 0.361. The van der Waals surface area contributed by atoms with E-state index in [-0.39, 0.29) is 30.8 Å². The molecular weight excluding hydrogens is 480 g/mol. The Balaban J connectivity index is 1.53. The van der Waals surface area contributed by atoms with Gasteiger partial charge in [-0.1, -0.05) is 49.4 Å². The first-order valence-electron chi connectivity index (χ1n) is 13.2. The third kappa shape index (κ3) is 7.39. The lowest BCUT2D eigenvalue weighted by Crippen LogP contribution is -2.44. The van der Waals surface area contributed by atoms with Gasteiger partial charge >= 0.3 is 6.03 Å². The lowest BCUT2D eigenvalue weighted by atomic mass is 9.90. The molecule has 4 atom stereocenters. The van der Waals surface area contributed by atoms with E-state index in [0.29, 0.717) is 12.2 Å². The third-order valence-corrected chi connectivity index (χ3v) is 6.84. The number of carbonyl (C=O) groups excluding carboxylic acids is 1. The molecule has 0 unspecified atom stereocenters. The first-order valence-corrected chi connectivity index (χ1v) is 13.2. The molecule has 2 aromatic carbocycles. The lowest BCUT2D eigenvalue weighted by molar-refractivity contribution is -0.275. The molecule has 3 aromatic rings. The first-order chi connectivity index (χ1) is 18.5. The Morgan fingerprint density at radius 2 is 1.87 bits per heavy atom. The Labute approximate surface area is 225 Å². The van der Waals surface area contributed by atoms with Crippen LogP contribution in [0.3, 0.4) is 0 Å². The van der Waals surface area contributed by atoms with Crippen molar-refractivity contribution in [2.45, 2.75) is 45.4 Å². The zero-order valence-corrected chi connectivity index (χ0v) is 22.3.